The molecule has 5 aliphatic carbocycles. The Labute approximate surface area is 557 Å². The number of esters is 2. The van der Waals surface area contributed by atoms with Gasteiger partial charge in [-0.1, -0.05) is 167 Å². The zero-order valence-electron chi connectivity index (χ0n) is 54.8. The highest BCUT2D eigenvalue weighted by atomic mass is 19.1. The van der Waals surface area contributed by atoms with Crippen LogP contribution < -0.4 is 5.73 Å². The molecule has 0 spiro atoms. The van der Waals surface area contributed by atoms with Crippen LogP contribution in [-0.4, -0.2) is 65.2 Å². The van der Waals surface area contributed by atoms with Crippen LogP contribution in [0.1, 0.15) is 137 Å². The summed E-state index contributed by atoms with van der Waals surface area (Å²) in [4.78, 5) is 74.6. The molecule has 96 heavy (non-hydrogen) atoms. The highest BCUT2D eigenvalue weighted by Gasteiger charge is 2.28. The van der Waals surface area contributed by atoms with Gasteiger partial charge in [0, 0.05) is 42.2 Å². The number of nitrogens with zero attached hydrogens (tertiary/aromatic N) is 1. The number of nitrogens with two attached hydrogens (primary N) is 1. The minimum Gasteiger partial charge on any atom is -0.481 e. The standard InChI is InChI=1S/C33H27F3N2O2.C13H12O3.C13H14O2.C12H12O2.C10H10.H2O/c1-19-4-5-21-6-7-22(29(21)11-19)15-27(39)16-24(12-20-13-25(34)18-26(35)14-20)32-28(3-2-10-38-32)23-8-9-31(36)30(17-23)33(37)40;1-8-3-4-9-5-6-10(11(9)7-8)12(14)13(15)16-2;1-9-3-4-10-5-6-11(12(10)7-9)8-13(14)15-2;1-8-2-3-9-4-5-10(7-12(13)14)11(9)6-8;1-8-5-6-9-3-2-4-10(9)7-8;/h2-5,7-11,13-14,17-18,24H,6,12,15-16H2,1H3,(H2,37,40);3-4,6-7H,5H2,1-2H3;3-4,6-7H,5,8H2,1-2H3;2-3,5-6H,4,7H2,1H3,(H,13,14);2,4-7H,3H2,1H3;1H2/t24-;;;;;/m1...../s1. The van der Waals surface area contributed by atoms with E-state index < -0.39 is 47.0 Å². The molecule has 0 saturated heterocycles. The number of pyridine rings is 1. The first-order valence-electron chi connectivity index (χ1n) is 31.4. The minimum absolute atomic E-state index is 0. The summed E-state index contributed by atoms with van der Waals surface area (Å²) in [6.45, 7) is 10.2. The van der Waals surface area contributed by atoms with Gasteiger partial charge in [0.05, 0.1) is 38.3 Å². The number of aryl methyl sites for hydroxylation is 5. The molecule has 0 saturated carbocycles. The number of hydrogen-bond acceptors (Lipinski definition) is 9. The predicted molar refractivity (Wildman–Crippen MR) is 370 cm³/mol. The Morgan fingerprint density at radius 2 is 1.04 bits per heavy atom. The van der Waals surface area contributed by atoms with Crippen LogP contribution in [0.15, 0.2) is 176 Å². The number of benzene rings is 7. The van der Waals surface area contributed by atoms with Crippen molar-refractivity contribution in [2.75, 3.05) is 14.2 Å². The van der Waals surface area contributed by atoms with Gasteiger partial charge in [0.25, 0.3) is 11.7 Å². The minimum atomic E-state index is -0.910. The molecule has 0 radical (unpaired) electrons. The second kappa shape index (κ2) is 32.5. The smallest absolute Gasteiger partial charge is 0.379 e. The Hall–Kier alpha value is -10.6. The molecule has 15 heteroatoms. The third-order valence-electron chi connectivity index (χ3n) is 17.1. The summed E-state index contributed by atoms with van der Waals surface area (Å²) in [6, 6.07) is 42.0. The van der Waals surface area contributed by atoms with E-state index in [1.807, 2.05) is 51.1 Å². The average Bonchev–Trinajstić information content (AvgIpc) is 1.24. The average molecular weight is 1300 g/mol. The van der Waals surface area contributed by atoms with Crippen LogP contribution in [0.4, 0.5) is 13.2 Å². The van der Waals surface area contributed by atoms with E-state index in [1.54, 1.807) is 24.4 Å². The molecule has 13 rings (SSSR count). The Morgan fingerprint density at radius 3 is 1.57 bits per heavy atom. The molecule has 1 heterocycles. The van der Waals surface area contributed by atoms with Gasteiger partial charge in [-0.15, -0.1) is 0 Å². The molecule has 0 unspecified atom stereocenters. The number of carbonyl (C=O) groups excluding carboxylic acids is 5. The van der Waals surface area contributed by atoms with Crippen molar-refractivity contribution in [1.29, 1.82) is 0 Å². The highest BCUT2D eigenvalue weighted by Crippen LogP contribution is 2.38. The molecule has 5 N–H and O–H groups in total. The molecule has 0 bridgehead atoms. The number of amides is 1. The summed E-state index contributed by atoms with van der Waals surface area (Å²) >= 11 is 0. The van der Waals surface area contributed by atoms with Crippen molar-refractivity contribution in [3.63, 3.8) is 0 Å². The number of halogens is 3. The highest BCUT2D eigenvalue weighted by molar-refractivity contribution is 6.52. The quantitative estimate of drug-likeness (QED) is 0.0732. The van der Waals surface area contributed by atoms with Gasteiger partial charge in [-0.2, -0.15) is 0 Å². The fourth-order valence-electron chi connectivity index (χ4n) is 12.4. The lowest BCUT2D eigenvalue weighted by Crippen LogP contribution is -2.16. The van der Waals surface area contributed by atoms with Crippen LogP contribution in [0.2, 0.25) is 0 Å². The summed E-state index contributed by atoms with van der Waals surface area (Å²) in [5.41, 5.74) is 28.4. The molecule has 1 aromatic heterocycles. The number of aliphatic carboxylic acids is 1. The molecule has 5 aliphatic rings. The number of carbonyl (C=O) groups is 6. The Kier molecular flexibility index (Phi) is 24.1. The summed E-state index contributed by atoms with van der Waals surface area (Å²) in [5, 5.41) is 8.73. The lowest BCUT2D eigenvalue weighted by Gasteiger charge is -2.20. The van der Waals surface area contributed by atoms with E-state index in [2.05, 4.69) is 119 Å². The SMILES string of the molecule is COC(=O)C(=O)C1=CCc2ccc(C)cc21.COC(=O)CC1=CCc2ccc(C)cc21.Cc1ccc2c(c1)C(CC(=O)C[C@@H](Cc1cc(F)cc(F)c1)c1ncccc1-c1ccc(F)c(C(N)=O)c1)=CC2.Cc1ccc2c(c1)C(CC(=O)O)=CC2.Cc1ccc2c(c1)C=CC2.O. The first-order chi connectivity index (χ1) is 45.5. The zero-order valence-corrected chi connectivity index (χ0v) is 54.8. The lowest BCUT2D eigenvalue weighted by molar-refractivity contribution is -0.149. The maximum atomic E-state index is 14.2. The van der Waals surface area contributed by atoms with Gasteiger partial charge in [0.15, 0.2) is 0 Å². The molecule has 492 valence electrons. The number of hydrogen-bond donors (Lipinski definition) is 2. The van der Waals surface area contributed by atoms with E-state index in [-0.39, 0.29) is 48.5 Å². The van der Waals surface area contributed by atoms with Crippen molar-refractivity contribution in [3.05, 3.63) is 294 Å². The lowest BCUT2D eigenvalue weighted by atomic mass is 9.85. The van der Waals surface area contributed by atoms with E-state index >= 15 is 0 Å². The topological polar surface area (TPSA) is 212 Å². The molecular formula is C81H77F3N2O10. The largest absolute Gasteiger partial charge is 0.481 e. The number of ether oxygens (including phenoxy) is 2. The number of rotatable bonds is 15. The monoisotopic (exact) mass is 1290 g/mol. The number of ketones is 2. The first-order valence-corrected chi connectivity index (χ1v) is 31.4. The van der Waals surface area contributed by atoms with Crippen LogP contribution in [0.5, 0.6) is 0 Å². The molecule has 0 fully saturated rings. The Balaban J connectivity index is 0.000000172. The van der Waals surface area contributed by atoms with E-state index in [0.29, 0.717) is 40.8 Å². The summed E-state index contributed by atoms with van der Waals surface area (Å²) < 4.78 is 51.5. The predicted octanol–water partition coefficient (Wildman–Crippen LogP) is 15.2. The first kappa shape index (κ1) is 71.2. The van der Waals surface area contributed by atoms with Crippen LogP contribution in [0.25, 0.3) is 39.5 Å². The number of primary amides is 1. The third kappa shape index (κ3) is 18.2. The van der Waals surface area contributed by atoms with Crippen LogP contribution >= 0.6 is 0 Å². The van der Waals surface area contributed by atoms with Gasteiger partial charge in [-0.25, -0.2) is 18.0 Å². The van der Waals surface area contributed by atoms with Crippen LogP contribution in [-0.2, 0) is 72.0 Å². The van der Waals surface area contributed by atoms with E-state index in [0.717, 1.165) is 87.9 Å². The Morgan fingerprint density at radius 1 is 0.542 bits per heavy atom. The second-order valence-electron chi connectivity index (χ2n) is 24.3. The number of fused-ring (bicyclic) bond motifs is 5. The number of aromatic nitrogens is 1. The van der Waals surface area contributed by atoms with Crippen molar-refractivity contribution >= 4 is 63.8 Å². The Bertz CT molecular complexity index is 4480. The van der Waals surface area contributed by atoms with Crippen molar-refractivity contribution in [2.24, 2.45) is 5.73 Å². The number of Topliss-reactive ketones (excluding diaryl/α,β-unsaturated/α-hetero) is 2. The molecule has 1 amide bonds. The molecular weight excluding hydrogens is 1220 g/mol. The van der Waals surface area contributed by atoms with Crippen molar-refractivity contribution in [3.8, 4) is 11.1 Å². The summed E-state index contributed by atoms with van der Waals surface area (Å²) in [6.07, 6.45) is 19.3. The van der Waals surface area contributed by atoms with Gasteiger partial charge < -0.3 is 25.8 Å². The maximum Gasteiger partial charge on any atom is 0.379 e. The van der Waals surface area contributed by atoms with Crippen LogP contribution in [0, 0.1) is 52.1 Å². The molecule has 1 atom stereocenters. The number of carboxylic acids is 1. The van der Waals surface area contributed by atoms with Gasteiger partial charge in [-0.05, 0) is 187 Å². The molecule has 0 aliphatic heterocycles. The van der Waals surface area contributed by atoms with Gasteiger partial charge >= 0.3 is 17.9 Å². The third-order valence-corrected chi connectivity index (χ3v) is 17.1. The normalized spacial score (nSPS) is 13.1. The molecule has 7 aromatic carbocycles. The number of methoxy groups -OCH3 is 2. The van der Waals surface area contributed by atoms with E-state index in [4.69, 9.17) is 10.8 Å². The van der Waals surface area contributed by atoms with Crippen molar-refractivity contribution in [1.82, 2.24) is 4.98 Å². The van der Waals surface area contributed by atoms with Gasteiger partial charge in [0.1, 0.15) is 23.2 Å². The van der Waals surface area contributed by atoms with E-state index in [9.17, 15) is 41.9 Å². The number of carboxylic acid groups (broad SMARTS) is 1. The zero-order chi connectivity index (χ0) is 68.0. The molecule has 8 aromatic rings. The summed E-state index contributed by atoms with van der Waals surface area (Å²) in [5.74, 6) is -5.98. The fraction of sp³-hybridized carbons (Fsp3) is 0.222. The second-order valence-corrected chi connectivity index (χ2v) is 24.3. The molecule has 12 nitrogen and oxygen atoms in total. The van der Waals surface area contributed by atoms with Crippen molar-refractivity contribution in [2.45, 2.75) is 105 Å². The maximum absolute atomic E-state index is 14.2. The fourth-order valence-corrected chi connectivity index (χ4v) is 12.4. The van der Waals surface area contributed by atoms with Gasteiger partial charge in [-0.3, -0.25) is 29.0 Å². The van der Waals surface area contributed by atoms with Crippen LogP contribution in [0.3, 0.4) is 0 Å². The summed E-state index contributed by atoms with van der Waals surface area (Å²) in [7, 11) is 2.64. The van der Waals surface area contributed by atoms with Crippen molar-refractivity contribution < 1.29 is 62.0 Å². The van der Waals surface area contributed by atoms with E-state index in [1.165, 1.54) is 88.6 Å². The number of allylic oxidation sites excluding steroid dienone is 6. The van der Waals surface area contributed by atoms with Gasteiger partial charge in [0.2, 0.25) is 0 Å².